The van der Waals surface area contributed by atoms with Crippen LogP contribution < -0.4 is 15.7 Å². The molecule has 1 amide bonds. The third-order valence-corrected chi connectivity index (χ3v) is 4.04. The predicted octanol–water partition coefficient (Wildman–Crippen LogP) is 1.69. The van der Waals surface area contributed by atoms with Crippen LogP contribution in [0.15, 0.2) is 47.4 Å². The van der Waals surface area contributed by atoms with Crippen molar-refractivity contribution in [3.05, 3.63) is 64.2 Å². The Hall–Kier alpha value is -3.09. The smallest absolute Gasteiger partial charge is 0.350 e. The van der Waals surface area contributed by atoms with Crippen LogP contribution in [0.5, 0.6) is 5.75 Å². The number of fused-ring (bicyclic) bond motifs is 1. The van der Waals surface area contributed by atoms with E-state index in [1.165, 1.54) is 4.40 Å². The summed E-state index contributed by atoms with van der Waals surface area (Å²) in [6.07, 6.45) is 1.58. The normalized spacial score (nSPS) is 12.1. The Kier molecular flexibility index (Phi) is 4.56. The van der Waals surface area contributed by atoms with E-state index in [0.29, 0.717) is 11.4 Å². The SMILES string of the molecule is COc1ccn2c(=O)n(CC(=O)N[C@@H](C)c3ccc(C)cc3)nc2c1. The molecular weight excluding hydrogens is 320 g/mol. The van der Waals surface area contributed by atoms with Gasteiger partial charge in [-0.1, -0.05) is 29.8 Å². The molecule has 0 fully saturated rings. The summed E-state index contributed by atoms with van der Waals surface area (Å²) in [7, 11) is 1.54. The van der Waals surface area contributed by atoms with Gasteiger partial charge in [0, 0.05) is 12.3 Å². The van der Waals surface area contributed by atoms with Gasteiger partial charge in [-0.05, 0) is 25.5 Å². The maximum atomic E-state index is 12.3. The van der Waals surface area contributed by atoms with E-state index in [-0.39, 0.29) is 24.2 Å². The van der Waals surface area contributed by atoms with Gasteiger partial charge < -0.3 is 10.1 Å². The first-order chi connectivity index (χ1) is 12.0. The number of pyridine rings is 1. The van der Waals surface area contributed by atoms with E-state index in [4.69, 9.17) is 4.74 Å². The minimum atomic E-state index is -0.365. The highest BCUT2D eigenvalue weighted by atomic mass is 16.5. The number of nitrogens with one attached hydrogen (secondary N) is 1. The van der Waals surface area contributed by atoms with Gasteiger partial charge in [-0.3, -0.25) is 9.20 Å². The van der Waals surface area contributed by atoms with Gasteiger partial charge >= 0.3 is 5.69 Å². The summed E-state index contributed by atoms with van der Waals surface area (Å²) in [6, 6.07) is 11.1. The van der Waals surface area contributed by atoms with E-state index in [9.17, 15) is 9.59 Å². The third-order valence-electron chi connectivity index (χ3n) is 4.04. The van der Waals surface area contributed by atoms with Crippen LogP contribution in [0.4, 0.5) is 0 Å². The van der Waals surface area contributed by atoms with Crippen LogP contribution in [-0.2, 0) is 11.3 Å². The highest BCUT2D eigenvalue weighted by Gasteiger charge is 2.14. The molecule has 2 heterocycles. The van der Waals surface area contributed by atoms with Crippen molar-refractivity contribution >= 4 is 11.6 Å². The van der Waals surface area contributed by atoms with Gasteiger partial charge in [0.05, 0.1) is 13.2 Å². The highest BCUT2D eigenvalue weighted by molar-refractivity contribution is 5.76. The maximum Gasteiger partial charge on any atom is 0.350 e. The van der Waals surface area contributed by atoms with Crippen molar-refractivity contribution in [3.8, 4) is 5.75 Å². The number of rotatable bonds is 5. The fraction of sp³-hybridized carbons (Fsp3) is 0.278. The summed E-state index contributed by atoms with van der Waals surface area (Å²) in [5, 5.41) is 7.06. The van der Waals surface area contributed by atoms with Crippen LogP contribution >= 0.6 is 0 Å². The Balaban J connectivity index is 1.74. The summed E-state index contributed by atoms with van der Waals surface area (Å²) in [5.41, 5.74) is 2.24. The van der Waals surface area contributed by atoms with Crippen LogP contribution in [0.1, 0.15) is 24.1 Å². The number of aromatic nitrogens is 3. The van der Waals surface area contributed by atoms with E-state index in [1.807, 2.05) is 38.1 Å². The Labute approximate surface area is 144 Å². The quantitative estimate of drug-likeness (QED) is 0.767. The molecule has 0 radical (unpaired) electrons. The standard InChI is InChI=1S/C18H20N4O3/c1-12-4-6-14(7-5-12)13(2)19-17(23)11-22-18(24)21-9-8-15(25-3)10-16(21)20-22/h4-10,13H,11H2,1-3H3,(H,19,23)/t13-/m0/s1. The number of hydrogen-bond donors (Lipinski definition) is 1. The molecule has 25 heavy (non-hydrogen) atoms. The summed E-state index contributed by atoms with van der Waals surface area (Å²) in [6.45, 7) is 3.77. The zero-order valence-electron chi connectivity index (χ0n) is 14.4. The molecule has 0 bridgehead atoms. The summed E-state index contributed by atoms with van der Waals surface area (Å²) >= 11 is 0. The molecule has 1 N–H and O–H groups in total. The Morgan fingerprint density at radius 2 is 2.00 bits per heavy atom. The Morgan fingerprint density at radius 3 is 2.68 bits per heavy atom. The minimum absolute atomic E-state index is 0.140. The lowest BCUT2D eigenvalue weighted by Gasteiger charge is -2.14. The van der Waals surface area contributed by atoms with Gasteiger partial charge in [0.2, 0.25) is 5.91 Å². The molecule has 0 saturated heterocycles. The van der Waals surface area contributed by atoms with Gasteiger partial charge in [0.25, 0.3) is 0 Å². The number of amides is 1. The second kappa shape index (κ2) is 6.80. The summed E-state index contributed by atoms with van der Waals surface area (Å²) in [4.78, 5) is 24.6. The van der Waals surface area contributed by atoms with Crippen LogP contribution in [0, 0.1) is 6.92 Å². The van der Waals surface area contributed by atoms with Crippen molar-refractivity contribution in [2.75, 3.05) is 7.11 Å². The zero-order chi connectivity index (χ0) is 18.0. The predicted molar refractivity (Wildman–Crippen MR) is 93.7 cm³/mol. The molecule has 0 saturated carbocycles. The lowest BCUT2D eigenvalue weighted by atomic mass is 10.1. The molecule has 0 aliphatic carbocycles. The minimum Gasteiger partial charge on any atom is -0.497 e. The highest BCUT2D eigenvalue weighted by Crippen LogP contribution is 2.13. The molecule has 7 nitrogen and oxygen atoms in total. The monoisotopic (exact) mass is 340 g/mol. The lowest BCUT2D eigenvalue weighted by Crippen LogP contribution is -2.34. The van der Waals surface area contributed by atoms with E-state index in [0.717, 1.165) is 15.8 Å². The molecule has 7 heteroatoms. The first kappa shape index (κ1) is 16.8. The number of nitrogens with zero attached hydrogens (tertiary/aromatic N) is 3. The van der Waals surface area contributed by atoms with Crippen LogP contribution in [0.3, 0.4) is 0 Å². The fourth-order valence-electron chi connectivity index (χ4n) is 2.59. The number of hydrogen-bond acceptors (Lipinski definition) is 4. The second-order valence-electron chi connectivity index (χ2n) is 5.93. The number of carbonyl (C=O) groups excluding carboxylic acids is 1. The van der Waals surface area contributed by atoms with Crippen molar-refractivity contribution in [1.82, 2.24) is 19.5 Å². The van der Waals surface area contributed by atoms with Crippen molar-refractivity contribution in [3.63, 3.8) is 0 Å². The van der Waals surface area contributed by atoms with Gasteiger partial charge in [-0.15, -0.1) is 5.10 Å². The van der Waals surface area contributed by atoms with Gasteiger partial charge in [0.1, 0.15) is 12.3 Å². The van der Waals surface area contributed by atoms with Crippen molar-refractivity contribution < 1.29 is 9.53 Å². The van der Waals surface area contributed by atoms with Crippen molar-refractivity contribution in [2.45, 2.75) is 26.4 Å². The molecule has 130 valence electrons. The average molecular weight is 340 g/mol. The fourth-order valence-corrected chi connectivity index (χ4v) is 2.59. The summed E-state index contributed by atoms with van der Waals surface area (Å²) < 4.78 is 7.64. The van der Waals surface area contributed by atoms with Gasteiger partial charge in [-0.25, -0.2) is 9.48 Å². The topological polar surface area (TPSA) is 77.6 Å². The maximum absolute atomic E-state index is 12.3. The number of methoxy groups -OCH3 is 1. The molecule has 1 aromatic carbocycles. The molecule has 0 aliphatic rings. The first-order valence-corrected chi connectivity index (χ1v) is 7.97. The number of benzene rings is 1. The molecule has 0 unspecified atom stereocenters. The summed E-state index contributed by atoms with van der Waals surface area (Å²) in [5.74, 6) is 0.327. The second-order valence-corrected chi connectivity index (χ2v) is 5.93. The van der Waals surface area contributed by atoms with Gasteiger partial charge in [-0.2, -0.15) is 0 Å². The molecule has 0 aliphatic heterocycles. The third kappa shape index (κ3) is 3.55. The van der Waals surface area contributed by atoms with Crippen molar-refractivity contribution in [2.24, 2.45) is 0 Å². The Bertz CT molecular complexity index is 957. The van der Waals surface area contributed by atoms with Crippen LogP contribution in [0.2, 0.25) is 0 Å². The molecule has 2 aromatic heterocycles. The molecule has 3 aromatic rings. The first-order valence-electron chi connectivity index (χ1n) is 7.97. The average Bonchev–Trinajstić information content (AvgIpc) is 2.90. The number of carbonyl (C=O) groups is 1. The van der Waals surface area contributed by atoms with E-state index < -0.39 is 0 Å². The lowest BCUT2D eigenvalue weighted by molar-refractivity contribution is -0.122. The number of ether oxygens (including phenoxy) is 1. The molecule has 1 atom stereocenters. The van der Waals surface area contributed by atoms with E-state index >= 15 is 0 Å². The van der Waals surface area contributed by atoms with Crippen LogP contribution in [0.25, 0.3) is 5.65 Å². The van der Waals surface area contributed by atoms with Crippen LogP contribution in [-0.4, -0.2) is 27.2 Å². The molecular formula is C18H20N4O3. The van der Waals surface area contributed by atoms with Gasteiger partial charge in [0.15, 0.2) is 5.65 Å². The van der Waals surface area contributed by atoms with E-state index in [1.54, 1.807) is 25.4 Å². The Morgan fingerprint density at radius 1 is 1.28 bits per heavy atom. The number of aryl methyl sites for hydroxylation is 1. The zero-order valence-corrected chi connectivity index (χ0v) is 14.4. The van der Waals surface area contributed by atoms with E-state index in [2.05, 4.69) is 10.4 Å². The molecule has 0 spiro atoms. The molecule has 3 rings (SSSR count). The van der Waals surface area contributed by atoms with Crippen molar-refractivity contribution in [1.29, 1.82) is 0 Å². The largest absolute Gasteiger partial charge is 0.497 e.